The molecule has 0 bridgehead atoms. The summed E-state index contributed by atoms with van der Waals surface area (Å²) in [5.41, 5.74) is 0.932. The van der Waals surface area contributed by atoms with Crippen LogP contribution >= 0.6 is 46.9 Å². The highest BCUT2D eigenvalue weighted by Crippen LogP contribution is 2.29. The summed E-state index contributed by atoms with van der Waals surface area (Å²) >= 11 is 13.6. The number of ether oxygens (including phenoxy) is 1. The average molecular weight is 411 g/mol. The van der Waals surface area contributed by atoms with E-state index in [9.17, 15) is 4.79 Å². The number of halogens is 3. The van der Waals surface area contributed by atoms with Crippen molar-refractivity contribution in [2.45, 2.75) is 6.42 Å². The lowest BCUT2D eigenvalue weighted by Crippen LogP contribution is -2.30. The van der Waals surface area contributed by atoms with E-state index in [1.165, 1.54) is 11.3 Å². The van der Waals surface area contributed by atoms with Crippen LogP contribution in [0.15, 0.2) is 24.4 Å². The van der Waals surface area contributed by atoms with Gasteiger partial charge in [0.25, 0.3) is 0 Å². The first-order chi connectivity index (χ1) is 11.1. The van der Waals surface area contributed by atoms with Gasteiger partial charge in [-0.1, -0.05) is 35.3 Å². The number of nitrogens with zero attached hydrogens (tertiary/aromatic N) is 1. The Morgan fingerprint density at radius 1 is 1.38 bits per heavy atom. The highest BCUT2D eigenvalue weighted by atomic mass is 35.5. The van der Waals surface area contributed by atoms with Gasteiger partial charge in [0.05, 0.1) is 23.2 Å². The Bertz CT molecular complexity index is 667. The molecule has 1 amide bonds. The van der Waals surface area contributed by atoms with Gasteiger partial charge in [-0.15, -0.1) is 23.7 Å². The Hall–Kier alpha value is -0.890. The second kappa shape index (κ2) is 10.9. The first-order valence-electron chi connectivity index (χ1n) is 6.97. The Kier molecular flexibility index (Phi) is 9.58. The third kappa shape index (κ3) is 6.55. The van der Waals surface area contributed by atoms with Crippen LogP contribution in [0, 0.1) is 0 Å². The van der Waals surface area contributed by atoms with Crippen LogP contribution in [0.25, 0.3) is 0 Å². The Labute approximate surface area is 161 Å². The molecule has 24 heavy (non-hydrogen) atoms. The maximum absolute atomic E-state index is 11.8. The van der Waals surface area contributed by atoms with E-state index in [4.69, 9.17) is 27.9 Å². The van der Waals surface area contributed by atoms with Crippen molar-refractivity contribution in [2.75, 3.05) is 32.1 Å². The van der Waals surface area contributed by atoms with Gasteiger partial charge in [-0.3, -0.25) is 4.79 Å². The highest BCUT2D eigenvalue weighted by Gasteiger charge is 2.10. The molecule has 0 fully saturated rings. The lowest BCUT2D eigenvalue weighted by molar-refractivity contribution is -0.115. The number of aromatic nitrogens is 1. The quantitative estimate of drug-likeness (QED) is 0.652. The third-order valence-corrected chi connectivity index (χ3v) is 4.74. The first-order valence-corrected chi connectivity index (χ1v) is 8.54. The molecule has 0 spiro atoms. The molecular weight excluding hydrogens is 393 g/mol. The molecule has 1 aromatic carbocycles. The summed E-state index contributed by atoms with van der Waals surface area (Å²) in [6.07, 6.45) is 2.36. The van der Waals surface area contributed by atoms with E-state index in [2.05, 4.69) is 15.6 Å². The normalized spacial score (nSPS) is 10.3. The standard InChI is InChI=1S/C15H17Cl2N3O2S.ClH/c1-22-6-5-18-9-13(21)20-15-19-8-11(23-15)7-10-3-2-4-12(16)14(10)17;/h2-4,8,18H,5-7,9H2,1H3,(H,19,20,21);1H. The van der Waals surface area contributed by atoms with Crippen molar-refractivity contribution in [3.05, 3.63) is 44.9 Å². The number of methoxy groups -OCH3 is 1. The van der Waals surface area contributed by atoms with Crippen molar-refractivity contribution in [1.82, 2.24) is 10.3 Å². The monoisotopic (exact) mass is 409 g/mol. The number of anilines is 1. The van der Waals surface area contributed by atoms with Crippen LogP contribution < -0.4 is 10.6 Å². The van der Waals surface area contributed by atoms with Crippen LogP contribution in [-0.4, -0.2) is 37.7 Å². The summed E-state index contributed by atoms with van der Waals surface area (Å²) in [7, 11) is 1.62. The van der Waals surface area contributed by atoms with Crippen LogP contribution in [0.2, 0.25) is 10.0 Å². The molecule has 2 rings (SSSR count). The lowest BCUT2D eigenvalue weighted by atomic mass is 10.1. The predicted molar refractivity (Wildman–Crippen MR) is 102 cm³/mol. The van der Waals surface area contributed by atoms with Gasteiger partial charge in [-0.2, -0.15) is 0 Å². The molecule has 0 aliphatic rings. The number of benzene rings is 1. The topological polar surface area (TPSA) is 63.2 Å². The van der Waals surface area contributed by atoms with Crippen LogP contribution in [0.5, 0.6) is 0 Å². The SMILES string of the molecule is COCCNCC(=O)Nc1ncc(Cc2cccc(Cl)c2Cl)s1.Cl. The third-order valence-electron chi connectivity index (χ3n) is 2.96. The zero-order valence-electron chi connectivity index (χ0n) is 13.0. The van der Waals surface area contributed by atoms with Crippen LogP contribution in [0.4, 0.5) is 5.13 Å². The molecule has 0 aliphatic heterocycles. The summed E-state index contributed by atoms with van der Waals surface area (Å²) in [6, 6.07) is 5.53. The summed E-state index contributed by atoms with van der Waals surface area (Å²) in [4.78, 5) is 17.0. The van der Waals surface area contributed by atoms with Gasteiger partial charge in [-0.25, -0.2) is 4.98 Å². The van der Waals surface area contributed by atoms with Gasteiger partial charge in [-0.05, 0) is 11.6 Å². The van der Waals surface area contributed by atoms with Crippen molar-refractivity contribution < 1.29 is 9.53 Å². The molecule has 0 saturated heterocycles. The Morgan fingerprint density at radius 2 is 2.17 bits per heavy atom. The molecule has 2 N–H and O–H groups in total. The van der Waals surface area contributed by atoms with Gasteiger partial charge < -0.3 is 15.4 Å². The molecule has 132 valence electrons. The molecule has 0 saturated carbocycles. The second-order valence-corrected chi connectivity index (χ2v) is 6.64. The number of carbonyl (C=O) groups excluding carboxylic acids is 1. The maximum atomic E-state index is 11.8. The summed E-state index contributed by atoms with van der Waals surface area (Å²) < 4.78 is 4.90. The van der Waals surface area contributed by atoms with Gasteiger partial charge in [0.15, 0.2) is 5.13 Å². The van der Waals surface area contributed by atoms with Crippen LogP contribution in [0.1, 0.15) is 10.4 Å². The van der Waals surface area contributed by atoms with Crippen molar-refractivity contribution >= 4 is 58.0 Å². The summed E-state index contributed by atoms with van der Waals surface area (Å²) in [5.74, 6) is -0.136. The minimum absolute atomic E-state index is 0. The molecule has 9 heteroatoms. The van der Waals surface area contributed by atoms with E-state index in [1.54, 1.807) is 19.4 Å². The van der Waals surface area contributed by atoms with Crippen molar-refractivity contribution in [1.29, 1.82) is 0 Å². The maximum Gasteiger partial charge on any atom is 0.240 e. The largest absolute Gasteiger partial charge is 0.383 e. The zero-order valence-corrected chi connectivity index (χ0v) is 16.1. The Morgan fingerprint density at radius 3 is 2.92 bits per heavy atom. The van der Waals surface area contributed by atoms with E-state index in [0.29, 0.717) is 34.7 Å². The fraction of sp³-hybridized carbons (Fsp3) is 0.333. The number of thiazole rings is 1. The summed E-state index contributed by atoms with van der Waals surface area (Å²) in [5, 5.41) is 7.38. The highest BCUT2D eigenvalue weighted by molar-refractivity contribution is 7.15. The number of hydrogen-bond acceptors (Lipinski definition) is 5. The second-order valence-electron chi connectivity index (χ2n) is 4.74. The number of hydrogen-bond donors (Lipinski definition) is 2. The van der Waals surface area contributed by atoms with Gasteiger partial charge in [0, 0.05) is 31.1 Å². The molecule has 0 aliphatic carbocycles. The minimum atomic E-state index is -0.136. The molecule has 5 nitrogen and oxygen atoms in total. The fourth-order valence-corrected chi connectivity index (χ4v) is 3.10. The predicted octanol–water partition coefficient (Wildman–Crippen LogP) is 3.64. The van der Waals surface area contributed by atoms with Crippen LogP contribution in [-0.2, 0) is 16.0 Å². The van der Waals surface area contributed by atoms with E-state index in [0.717, 1.165) is 10.4 Å². The smallest absolute Gasteiger partial charge is 0.240 e. The minimum Gasteiger partial charge on any atom is -0.383 e. The Balaban J connectivity index is 0.00000288. The first kappa shape index (κ1) is 21.2. The van der Waals surface area contributed by atoms with Crippen LogP contribution in [0.3, 0.4) is 0 Å². The molecule has 1 heterocycles. The molecule has 0 radical (unpaired) electrons. The van der Waals surface area contributed by atoms with Crippen molar-refractivity contribution in [3.63, 3.8) is 0 Å². The average Bonchev–Trinajstić information content (AvgIpc) is 2.95. The lowest BCUT2D eigenvalue weighted by Gasteiger charge is -2.04. The van der Waals surface area contributed by atoms with Gasteiger partial charge >= 0.3 is 0 Å². The molecule has 2 aromatic rings. The van der Waals surface area contributed by atoms with E-state index < -0.39 is 0 Å². The van der Waals surface area contributed by atoms with E-state index in [1.807, 2.05) is 12.1 Å². The van der Waals surface area contributed by atoms with Crippen molar-refractivity contribution in [3.8, 4) is 0 Å². The molecule has 1 aromatic heterocycles. The van der Waals surface area contributed by atoms with E-state index >= 15 is 0 Å². The fourth-order valence-electron chi connectivity index (χ4n) is 1.86. The van der Waals surface area contributed by atoms with Crippen molar-refractivity contribution in [2.24, 2.45) is 0 Å². The summed E-state index contributed by atoms with van der Waals surface area (Å²) in [6.45, 7) is 1.41. The van der Waals surface area contributed by atoms with E-state index in [-0.39, 0.29) is 24.9 Å². The number of nitrogens with one attached hydrogen (secondary N) is 2. The zero-order chi connectivity index (χ0) is 16.7. The number of amides is 1. The molecular formula is C15H18Cl3N3O2S. The molecule has 0 atom stereocenters. The van der Waals surface area contributed by atoms with Gasteiger partial charge in [0.1, 0.15) is 0 Å². The van der Waals surface area contributed by atoms with Gasteiger partial charge in [0.2, 0.25) is 5.91 Å². The number of rotatable bonds is 8. The molecule has 0 unspecified atom stereocenters. The number of carbonyl (C=O) groups is 1.